The molecular weight excluding hydrogens is 468 g/mol. The molecule has 164 valence electrons. The highest BCUT2D eigenvalue weighted by Crippen LogP contribution is 2.21. The average molecular weight is 493 g/mol. The van der Waals surface area contributed by atoms with Gasteiger partial charge in [0.15, 0.2) is 0 Å². The summed E-state index contributed by atoms with van der Waals surface area (Å²) in [6.45, 7) is 2.32. The number of benzene rings is 2. The van der Waals surface area contributed by atoms with E-state index in [2.05, 4.69) is 41.5 Å². The number of carbonyl (C=O) groups excluding carboxylic acids is 1. The third-order valence-corrected chi connectivity index (χ3v) is 5.47. The second-order valence-corrected chi connectivity index (χ2v) is 8.62. The zero-order valence-corrected chi connectivity index (χ0v) is 19.6. The summed E-state index contributed by atoms with van der Waals surface area (Å²) in [7, 11) is 4.08. The van der Waals surface area contributed by atoms with Gasteiger partial charge in [-0.25, -0.2) is 4.98 Å². The van der Waals surface area contributed by atoms with Crippen molar-refractivity contribution in [2.75, 3.05) is 31.3 Å². The highest BCUT2D eigenvalue weighted by atomic mass is 79.9. The van der Waals surface area contributed by atoms with Crippen LogP contribution in [-0.2, 0) is 13.1 Å². The lowest BCUT2D eigenvalue weighted by Gasteiger charge is -2.12. The van der Waals surface area contributed by atoms with Gasteiger partial charge in [-0.05, 0) is 78.1 Å². The number of hydrogen-bond acceptors (Lipinski definition) is 5. The largest absolute Gasteiger partial charge is 0.380 e. The van der Waals surface area contributed by atoms with E-state index in [1.807, 2.05) is 79.6 Å². The molecule has 0 atom stereocenters. The summed E-state index contributed by atoms with van der Waals surface area (Å²) in [5.41, 5.74) is 3.99. The van der Waals surface area contributed by atoms with Gasteiger partial charge in [0.25, 0.3) is 5.91 Å². The molecule has 0 aliphatic carbocycles. The number of para-hydroxylation sites is 1. The van der Waals surface area contributed by atoms with Gasteiger partial charge in [-0.2, -0.15) is 5.10 Å². The van der Waals surface area contributed by atoms with Crippen LogP contribution in [0.2, 0.25) is 0 Å². The van der Waals surface area contributed by atoms with Crippen molar-refractivity contribution in [2.45, 2.75) is 13.1 Å². The molecule has 0 spiro atoms. The van der Waals surface area contributed by atoms with E-state index in [-0.39, 0.29) is 5.91 Å². The number of likely N-dealkylation sites (N-methyl/N-ethyl adjacent to an activating group) is 1. The molecule has 8 heteroatoms. The molecule has 2 aromatic heterocycles. The quantitative estimate of drug-likeness (QED) is 0.351. The van der Waals surface area contributed by atoms with Crippen molar-refractivity contribution >= 4 is 44.1 Å². The molecule has 7 nitrogen and oxygen atoms in total. The zero-order valence-electron chi connectivity index (χ0n) is 18.0. The molecule has 2 aromatic carbocycles. The molecular formula is C24H25BrN6O. The maximum atomic E-state index is 13.0. The van der Waals surface area contributed by atoms with E-state index in [0.29, 0.717) is 17.8 Å². The van der Waals surface area contributed by atoms with Gasteiger partial charge in [0, 0.05) is 42.2 Å². The van der Waals surface area contributed by atoms with Crippen LogP contribution in [-0.4, -0.2) is 46.2 Å². The van der Waals surface area contributed by atoms with Crippen LogP contribution in [0.4, 0.5) is 11.4 Å². The number of rotatable bonds is 8. The molecule has 0 unspecified atom stereocenters. The Morgan fingerprint density at radius 1 is 1.12 bits per heavy atom. The highest BCUT2D eigenvalue weighted by molar-refractivity contribution is 9.10. The second kappa shape index (κ2) is 9.93. The Morgan fingerprint density at radius 3 is 2.78 bits per heavy atom. The van der Waals surface area contributed by atoms with Crippen molar-refractivity contribution in [3.8, 4) is 0 Å². The van der Waals surface area contributed by atoms with Crippen LogP contribution in [0, 0.1) is 0 Å². The molecule has 0 radical (unpaired) electrons. The fraction of sp³-hybridized carbons (Fsp3) is 0.208. The number of nitrogens with one attached hydrogen (secondary N) is 2. The van der Waals surface area contributed by atoms with Gasteiger partial charge in [0.1, 0.15) is 4.60 Å². The molecule has 2 heterocycles. The number of fused-ring (bicyclic) bond motifs is 1. The van der Waals surface area contributed by atoms with Crippen molar-refractivity contribution in [1.29, 1.82) is 0 Å². The first-order chi connectivity index (χ1) is 15.5. The second-order valence-electron chi connectivity index (χ2n) is 7.81. The van der Waals surface area contributed by atoms with Crippen molar-refractivity contribution in [3.63, 3.8) is 0 Å². The topological polar surface area (TPSA) is 75.1 Å². The maximum Gasteiger partial charge on any atom is 0.257 e. The number of halogens is 1. The number of amides is 1. The van der Waals surface area contributed by atoms with E-state index >= 15 is 0 Å². The van der Waals surface area contributed by atoms with Crippen molar-refractivity contribution in [1.82, 2.24) is 19.7 Å². The van der Waals surface area contributed by atoms with Crippen LogP contribution in [0.25, 0.3) is 10.9 Å². The van der Waals surface area contributed by atoms with E-state index < -0.39 is 0 Å². The minimum Gasteiger partial charge on any atom is -0.380 e. The van der Waals surface area contributed by atoms with Gasteiger partial charge in [0.05, 0.1) is 17.6 Å². The van der Waals surface area contributed by atoms with Crippen molar-refractivity contribution in [3.05, 3.63) is 82.7 Å². The lowest BCUT2D eigenvalue weighted by Crippen LogP contribution is -2.18. The molecule has 0 bridgehead atoms. The number of anilines is 2. The molecule has 32 heavy (non-hydrogen) atoms. The predicted octanol–water partition coefficient (Wildman–Crippen LogP) is 4.62. The van der Waals surface area contributed by atoms with E-state index in [4.69, 9.17) is 0 Å². The smallest absolute Gasteiger partial charge is 0.257 e. The number of pyridine rings is 1. The third kappa shape index (κ3) is 5.52. The first-order valence-corrected chi connectivity index (χ1v) is 11.1. The molecule has 0 saturated carbocycles. The first kappa shape index (κ1) is 22.0. The number of aromatic nitrogens is 3. The SMILES string of the molecule is CN(C)CCn1cc2ccc(NC(=O)c3ccccc3NCc3ccnc(Br)c3)cc2n1. The number of nitrogens with zero attached hydrogens (tertiary/aromatic N) is 4. The number of hydrogen-bond donors (Lipinski definition) is 2. The van der Waals surface area contributed by atoms with E-state index in [9.17, 15) is 4.79 Å². The van der Waals surface area contributed by atoms with Crippen LogP contribution in [0.1, 0.15) is 15.9 Å². The summed E-state index contributed by atoms with van der Waals surface area (Å²) in [6.07, 6.45) is 3.78. The minimum absolute atomic E-state index is 0.171. The zero-order chi connectivity index (χ0) is 22.5. The lowest BCUT2D eigenvalue weighted by atomic mass is 10.1. The van der Waals surface area contributed by atoms with E-state index in [1.54, 1.807) is 6.20 Å². The van der Waals surface area contributed by atoms with Crippen LogP contribution in [0.5, 0.6) is 0 Å². The Balaban J connectivity index is 1.47. The first-order valence-electron chi connectivity index (χ1n) is 10.3. The lowest BCUT2D eigenvalue weighted by molar-refractivity contribution is 0.102. The summed E-state index contributed by atoms with van der Waals surface area (Å²) in [5, 5.41) is 12.0. The molecule has 0 saturated heterocycles. The maximum absolute atomic E-state index is 13.0. The summed E-state index contributed by atoms with van der Waals surface area (Å²) >= 11 is 3.38. The van der Waals surface area contributed by atoms with Gasteiger partial charge < -0.3 is 15.5 Å². The van der Waals surface area contributed by atoms with E-state index in [1.165, 1.54) is 0 Å². The molecule has 4 aromatic rings. The summed E-state index contributed by atoms with van der Waals surface area (Å²) in [6, 6.07) is 17.2. The fourth-order valence-corrected chi connectivity index (χ4v) is 3.76. The van der Waals surface area contributed by atoms with Crippen LogP contribution in [0.3, 0.4) is 0 Å². The molecule has 0 fully saturated rings. The summed E-state index contributed by atoms with van der Waals surface area (Å²) in [5.74, 6) is -0.171. The van der Waals surface area contributed by atoms with Gasteiger partial charge in [-0.15, -0.1) is 0 Å². The molecule has 4 rings (SSSR count). The van der Waals surface area contributed by atoms with Crippen LogP contribution >= 0.6 is 15.9 Å². The van der Waals surface area contributed by atoms with Crippen molar-refractivity contribution < 1.29 is 4.79 Å². The van der Waals surface area contributed by atoms with Crippen LogP contribution < -0.4 is 10.6 Å². The monoisotopic (exact) mass is 492 g/mol. The van der Waals surface area contributed by atoms with Crippen molar-refractivity contribution in [2.24, 2.45) is 0 Å². The Morgan fingerprint density at radius 2 is 1.97 bits per heavy atom. The van der Waals surface area contributed by atoms with Crippen LogP contribution in [0.15, 0.2) is 71.6 Å². The predicted molar refractivity (Wildman–Crippen MR) is 132 cm³/mol. The Labute approximate surface area is 195 Å². The average Bonchev–Trinajstić information content (AvgIpc) is 3.19. The minimum atomic E-state index is -0.171. The van der Waals surface area contributed by atoms with Gasteiger partial charge in [0.2, 0.25) is 0 Å². The summed E-state index contributed by atoms with van der Waals surface area (Å²) < 4.78 is 2.72. The molecule has 1 amide bonds. The van der Waals surface area contributed by atoms with E-state index in [0.717, 1.165) is 39.8 Å². The Hall–Kier alpha value is -3.23. The fourth-order valence-electron chi connectivity index (χ4n) is 3.35. The molecule has 0 aliphatic heterocycles. The Bertz CT molecular complexity index is 1240. The molecule has 0 aliphatic rings. The van der Waals surface area contributed by atoms with Gasteiger partial charge in [-0.1, -0.05) is 12.1 Å². The van der Waals surface area contributed by atoms with Gasteiger partial charge >= 0.3 is 0 Å². The number of carbonyl (C=O) groups is 1. The third-order valence-electron chi connectivity index (χ3n) is 5.03. The normalized spacial score (nSPS) is 11.1. The molecule has 2 N–H and O–H groups in total. The standard InChI is InChI=1S/C24H25BrN6O/c1-30(2)11-12-31-16-18-7-8-19(14-22(18)29-31)28-24(32)20-5-3-4-6-21(20)27-15-17-9-10-26-23(25)13-17/h3-10,13-14,16,27H,11-12,15H2,1-2H3,(H,28,32). The Kier molecular flexibility index (Phi) is 6.82. The highest BCUT2D eigenvalue weighted by Gasteiger charge is 2.12. The summed E-state index contributed by atoms with van der Waals surface area (Å²) in [4.78, 5) is 19.3. The van der Waals surface area contributed by atoms with Gasteiger partial charge in [-0.3, -0.25) is 9.48 Å².